The van der Waals surface area contributed by atoms with Crippen molar-refractivity contribution in [3.8, 4) is 17.0 Å². The molecule has 17 heteroatoms. The van der Waals surface area contributed by atoms with Crippen molar-refractivity contribution in [1.29, 1.82) is 0 Å². The number of methoxy groups -OCH3 is 1. The third-order valence-corrected chi connectivity index (χ3v) is 13.9. The maximum Gasteiger partial charge on any atom is 0.262 e. The fraction of sp³-hybridized carbons (Fsp3) is 0.404. The lowest BCUT2D eigenvalue weighted by Crippen LogP contribution is -2.59. The second kappa shape index (κ2) is 16.8. The molecule has 0 radical (unpaired) electrons. The smallest absolute Gasteiger partial charge is 0.262 e. The van der Waals surface area contributed by atoms with Crippen LogP contribution < -0.4 is 20.7 Å². The van der Waals surface area contributed by atoms with Crippen LogP contribution >= 0.6 is 0 Å². The number of carbonyl (C=O) groups is 5. The lowest BCUT2D eigenvalue weighted by molar-refractivity contribution is -0.132. The lowest BCUT2D eigenvalue weighted by Gasteiger charge is -2.51. The van der Waals surface area contributed by atoms with Gasteiger partial charge in [-0.15, -0.1) is 0 Å². The predicted molar refractivity (Wildman–Crippen MR) is 234 cm³/mol. The van der Waals surface area contributed by atoms with E-state index in [-0.39, 0.29) is 49.0 Å². The first-order valence-corrected chi connectivity index (χ1v) is 22.0. The summed E-state index contributed by atoms with van der Waals surface area (Å²) in [7, 11) is 1.44. The first kappa shape index (κ1) is 41.4. The quantitative estimate of drug-likeness (QED) is 0.148. The molecule has 16 nitrogen and oxygen atoms in total. The number of carbonyl (C=O) groups excluding carboxylic acids is 5. The number of Topliss-reactive ketones (excluding diaryl/α,β-unsaturated/α-hetero) is 2. The van der Waals surface area contributed by atoms with E-state index in [1.54, 1.807) is 12.1 Å². The molecular weight excluding hydrogens is 820 g/mol. The fourth-order valence-electron chi connectivity index (χ4n) is 10.2. The summed E-state index contributed by atoms with van der Waals surface area (Å²) in [4.78, 5) is 81.3. The van der Waals surface area contributed by atoms with Gasteiger partial charge >= 0.3 is 0 Å². The zero-order valence-electron chi connectivity index (χ0n) is 35.5. The maximum atomic E-state index is 13.9. The average molecular weight is 869 g/mol. The monoisotopic (exact) mass is 868 g/mol. The Labute approximate surface area is 368 Å². The second-order valence-corrected chi connectivity index (χ2v) is 17.5. The molecule has 5 heterocycles. The number of nitrogen functional groups attached to an aromatic ring is 1. The number of nitrogens with one attached hydrogen (secondary N) is 1. The highest BCUT2D eigenvalue weighted by Gasteiger charge is 2.45. The Balaban J connectivity index is 0.720. The Bertz CT molecular complexity index is 2680. The summed E-state index contributed by atoms with van der Waals surface area (Å²) < 4.78 is 21.1. The van der Waals surface area contributed by atoms with Gasteiger partial charge in [-0.25, -0.2) is 19.0 Å². The highest BCUT2D eigenvalue weighted by molar-refractivity contribution is 6.24. The van der Waals surface area contributed by atoms with E-state index in [1.807, 2.05) is 35.0 Å². The molecule has 5 aromatic rings. The number of halogens is 1. The topological polar surface area (TPSA) is 189 Å². The van der Waals surface area contributed by atoms with E-state index in [9.17, 15) is 28.4 Å². The molecule has 3 aliphatic heterocycles. The minimum atomic E-state index is -0.870. The van der Waals surface area contributed by atoms with Gasteiger partial charge in [-0.3, -0.25) is 33.8 Å². The number of rotatable bonds is 10. The number of piperidine rings is 1. The van der Waals surface area contributed by atoms with Crippen molar-refractivity contribution in [2.24, 2.45) is 0 Å². The van der Waals surface area contributed by atoms with Crippen molar-refractivity contribution in [2.45, 2.75) is 75.7 Å². The molecule has 2 aromatic heterocycles. The van der Waals surface area contributed by atoms with Gasteiger partial charge in [-0.1, -0.05) is 24.3 Å². The molecule has 330 valence electrons. The van der Waals surface area contributed by atoms with Gasteiger partial charge in [-0.2, -0.15) is 5.10 Å². The molecule has 2 saturated carbocycles. The average Bonchev–Trinajstić information content (AvgIpc) is 3.80. The summed E-state index contributed by atoms with van der Waals surface area (Å²) in [5.74, 6) is -1.71. The number of hydrogen-bond acceptors (Lipinski definition) is 13. The Morgan fingerprint density at radius 3 is 2.27 bits per heavy atom. The molecule has 10 rings (SSSR count). The zero-order valence-corrected chi connectivity index (χ0v) is 35.5. The molecule has 5 aliphatic rings. The van der Waals surface area contributed by atoms with Gasteiger partial charge in [-0.05, 0) is 74.1 Å². The summed E-state index contributed by atoms with van der Waals surface area (Å²) in [5, 5.41) is 8.66. The molecule has 3 aromatic carbocycles. The van der Waals surface area contributed by atoms with Crippen molar-refractivity contribution in [2.75, 3.05) is 57.0 Å². The van der Waals surface area contributed by atoms with Gasteiger partial charge in [0.15, 0.2) is 11.4 Å². The summed E-state index contributed by atoms with van der Waals surface area (Å²) >= 11 is 0. The van der Waals surface area contributed by atoms with Crippen molar-refractivity contribution in [1.82, 2.24) is 39.8 Å². The molecular formula is C47H49FN10O6. The van der Waals surface area contributed by atoms with E-state index in [0.29, 0.717) is 51.5 Å². The molecule has 3 N–H and O–H groups in total. The van der Waals surface area contributed by atoms with Gasteiger partial charge in [0.1, 0.15) is 35.2 Å². The maximum absolute atomic E-state index is 13.9. The lowest BCUT2D eigenvalue weighted by atomic mass is 9.82. The normalized spacial score (nSPS) is 22.2. The number of fused-ring (bicyclic) bond motifs is 2. The van der Waals surface area contributed by atoms with E-state index in [1.165, 1.54) is 25.6 Å². The van der Waals surface area contributed by atoms with E-state index in [2.05, 4.69) is 30.0 Å². The minimum absolute atomic E-state index is 0.127. The number of hydrogen-bond donors (Lipinski definition) is 2. The number of ketones is 2. The Hall–Kier alpha value is -6.59. The number of nitrogens with two attached hydrogens (primary N) is 1. The molecule has 3 amide bonds. The first-order valence-electron chi connectivity index (χ1n) is 22.0. The number of anilines is 2. The van der Waals surface area contributed by atoms with Crippen LogP contribution in [0.1, 0.15) is 87.6 Å². The van der Waals surface area contributed by atoms with Crippen molar-refractivity contribution in [3.05, 3.63) is 95.1 Å². The van der Waals surface area contributed by atoms with Crippen LogP contribution in [0.3, 0.4) is 0 Å². The molecule has 64 heavy (non-hydrogen) atoms. The number of aromatic nitrogens is 4. The highest BCUT2D eigenvalue weighted by atomic mass is 19.1. The van der Waals surface area contributed by atoms with Gasteiger partial charge < -0.3 is 25.6 Å². The minimum Gasteiger partial charge on any atom is -0.496 e. The standard InChI is InChI=1S/C47H49FN10O6/c1-64-40-11-6-29(48)20-37(40)45(61)50-25-27-2-4-28(5-3-27)42-41-43(49)51-26-52-44(41)58(53-42)30-12-14-54(15-13-30)32-21-33(22-32)56-18-16-55(17-19-56)31-7-9-35-36(23-31)47(63)57(46(35)62)38-10-8-34(59)24-39(38)60/h2-7,9,11,20,23,26,30,32-33,38H,8,10,12-19,21-22,24-25H2,1H3,(H,50,61)(H2,49,51,52). The highest BCUT2D eigenvalue weighted by Crippen LogP contribution is 2.38. The predicted octanol–water partition coefficient (Wildman–Crippen LogP) is 4.43. The molecule has 2 aliphatic carbocycles. The number of ether oxygens (including phenoxy) is 1. The van der Waals surface area contributed by atoms with Gasteiger partial charge in [0.25, 0.3) is 17.7 Å². The van der Waals surface area contributed by atoms with E-state index in [0.717, 1.165) is 92.7 Å². The van der Waals surface area contributed by atoms with Crippen molar-refractivity contribution >= 4 is 51.8 Å². The molecule has 4 fully saturated rings. The van der Waals surface area contributed by atoms with E-state index < -0.39 is 29.6 Å². The molecule has 2 saturated heterocycles. The third kappa shape index (κ3) is 7.55. The first-order chi connectivity index (χ1) is 31.0. The van der Waals surface area contributed by atoms with Crippen LogP contribution in [-0.4, -0.2) is 128 Å². The Morgan fingerprint density at radius 1 is 0.828 bits per heavy atom. The van der Waals surface area contributed by atoms with Gasteiger partial charge in [0.05, 0.1) is 47.7 Å². The molecule has 0 spiro atoms. The summed E-state index contributed by atoms with van der Waals surface area (Å²) in [6.45, 7) is 5.59. The van der Waals surface area contributed by atoms with Crippen LogP contribution in [0.5, 0.6) is 5.75 Å². The van der Waals surface area contributed by atoms with Crippen molar-refractivity contribution in [3.63, 3.8) is 0 Å². The van der Waals surface area contributed by atoms with Crippen LogP contribution in [0.4, 0.5) is 15.9 Å². The Morgan fingerprint density at radius 2 is 1.55 bits per heavy atom. The summed E-state index contributed by atoms with van der Waals surface area (Å²) in [6.07, 6.45) is 5.75. The van der Waals surface area contributed by atoms with Crippen LogP contribution in [-0.2, 0) is 16.1 Å². The zero-order chi connectivity index (χ0) is 44.2. The van der Waals surface area contributed by atoms with Crippen molar-refractivity contribution < 1.29 is 33.1 Å². The number of amides is 3. The number of nitrogens with zero attached hydrogens (tertiary/aromatic N) is 8. The van der Waals surface area contributed by atoms with Crippen LogP contribution in [0.25, 0.3) is 22.3 Å². The molecule has 1 unspecified atom stereocenters. The largest absolute Gasteiger partial charge is 0.496 e. The number of benzene rings is 3. The van der Waals surface area contributed by atoms with E-state index in [4.69, 9.17) is 15.6 Å². The number of imide groups is 1. The second-order valence-electron chi connectivity index (χ2n) is 17.5. The molecule has 1 atom stereocenters. The molecule has 0 bridgehead atoms. The van der Waals surface area contributed by atoms with Gasteiger partial charge in [0.2, 0.25) is 0 Å². The third-order valence-electron chi connectivity index (χ3n) is 13.9. The Kier molecular flexibility index (Phi) is 10.9. The summed E-state index contributed by atoms with van der Waals surface area (Å²) in [5.41, 5.74) is 11.2. The van der Waals surface area contributed by atoms with E-state index >= 15 is 0 Å². The van der Waals surface area contributed by atoms with Crippen LogP contribution in [0.2, 0.25) is 0 Å². The number of likely N-dealkylation sites (tertiary alicyclic amines) is 1. The fourth-order valence-corrected chi connectivity index (χ4v) is 10.2. The van der Waals surface area contributed by atoms with Gasteiger partial charge in [0, 0.05) is 75.6 Å². The SMILES string of the molecule is COc1ccc(F)cc1C(=O)NCc1ccc(-c2nn(C3CCN(C4CC(N5CCN(c6ccc7c(c6)C(=O)N(C6CCC(=O)CC6=O)C7=O)CC5)C4)CC3)c3ncnc(N)c23)cc1. The number of piperazine rings is 1. The summed E-state index contributed by atoms with van der Waals surface area (Å²) in [6, 6.07) is 17.3. The van der Waals surface area contributed by atoms with Crippen LogP contribution in [0.15, 0.2) is 67.0 Å². The van der Waals surface area contributed by atoms with Crippen LogP contribution in [0, 0.1) is 5.82 Å².